The van der Waals surface area contributed by atoms with Crippen molar-refractivity contribution in [3.05, 3.63) is 57.6 Å². The number of aliphatic imine (C=N–C) groups is 1. The number of benzene rings is 1. The summed E-state index contributed by atoms with van der Waals surface area (Å²) in [5.41, 5.74) is 0.320. The normalized spacial score (nSPS) is 11.2. The van der Waals surface area contributed by atoms with Crippen LogP contribution < -0.4 is 5.63 Å². The van der Waals surface area contributed by atoms with Gasteiger partial charge in [0, 0.05) is 12.3 Å². The molecule has 0 atom stereocenters. The highest BCUT2D eigenvalue weighted by atomic mass is 16.5. The zero-order valence-electron chi connectivity index (χ0n) is 20.0. The molecule has 0 saturated carbocycles. The molecule has 2 rings (SSSR count). The first-order valence-electron chi connectivity index (χ1n) is 12.2. The maximum absolute atomic E-state index is 12.2. The van der Waals surface area contributed by atoms with Crippen LogP contribution in [0.15, 0.2) is 44.5 Å². The molecule has 33 heavy (non-hydrogen) atoms. The number of rotatable bonds is 15. The van der Waals surface area contributed by atoms with Crippen molar-refractivity contribution in [3.63, 3.8) is 0 Å². The van der Waals surface area contributed by atoms with Crippen LogP contribution in [0.25, 0.3) is 0 Å². The first-order valence-corrected chi connectivity index (χ1v) is 12.2. The van der Waals surface area contributed by atoms with Crippen LogP contribution in [0.4, 0.5) is 5.69 Å². The van der Waals surface area contributed by atoms with Gasteiger partial charge >= 0.3 is 11.6 Å². The minimum Gasteiger partial charge on any atom is -0.507 e. The third-order valence-corrected chi connectivity index (χ3v) is 5.52. The molecule has 0 aliphatic carbocycles. The number of esters is 1. The highest BCUT2D eigenvalue weighted by molar-refractivity contribution is 5.90. The maximum atomic E-state index is 12.2. The van der Waals surface area contributed by atoms with Crippen molar-refractivity contribution in [1.82, 2.24) is 0 Å². The first-order chi connectivity index (χ1) is 16.0. The summed E-state index contributed by atoms with van der Waals surface area (Å²) >= 11 is 0. The molecular weight excluding hydrogens is 418 g/mol. The highest BCUT2D eigenvalue weighted by Gasteiger charge is 2.08. The van der Waals surface area contributed by atoms with Crippen molar-refractivity contribution in [2.24, 2.45) is 4.99 Å². The van der Waals surface area contributed by atoms with Crippen molar-refractivity contribution < 1.29 is 19.1 Å². The van der Waals surface area contributed by atoms with Crippen molar-refractivity contribution in [3.8, 4) is 5.75 Å². The Morgan fingerprint density at radius 3 is 2.12 bits per heavy atom. The molecule has 1 aromatic heterocycles. The molecule has 0 amide bonds. The molecule has 0 fully saturated rings. The van der Waals surface area contributed by atoms with E-state index in [1.54, 1.807) is 31.2 Å². The number of unbranched alkanes of at least 4 members (excludes halogenated alkanes) is 10. The average molecular weight is 456 g/mol. The van der Waals surface area contributed by atoms with Gasteiger partial charge in [-0.2, -0.15) is 0 Å². The van der Waals surface area contributed by atoms with Gasteiger partial charge in [0.05, 0.1) is 17.9 Å². The number of aryl methyl sites for hydroxylation is 1. The summed E-state index contributed by atoms with van der Waals surface area (Å²) in [7, 11) is 0. The predicted molar refractivity (Wildman–Crippen MR) is 132 cm³/mol. The Morgan fingerprint density at radius 1 is 0.970 bits per heavy atom. The highest BCUT2D eigenvalue weighted by Crippen LogP contribution is 2.17. The Hall–Kier alpha value is -2.89. The van der Waals surface area contributed by atoms with E-state index in [2.05, 4.69) is 11.9 Å². The standard InChI is InChI=1S/C27H37NO5/c1-3-4-5-6-7-8-9-10-11-12-13-18-32-26(30)22-14-16-23(17-15-22)28-20-24-25(29)19-21(2)33-27(24)31/h14-17,19-20,29H,3-13,18H2,1-2H3. The zero-order chi connectivity index (χ0) is 23.9. The average Bonchev–Trinajstić information content (AvgIpc) is 2.79. The fourth-order valence-corrected chi connectivity index (χ4v) is 3.56. The van der Waals surface area contributed by atoms with Gasteiger partial charge in [0.2, 0.25) is 0 Å². The van der Waals surface area contributed by atoms with Gasteiger partial charge in [-0.15, -0.1) is 0 Å². The smallest absolute Gasteiger partial charge is 0.348 e. The molecule has 0 spiro atoms. The zero-order valence-corrected chi connectivity index (χ0v) is 20.0. The molecule has 180 valence electrons. The van der Waals surface area contributed by atoms with E-state index in [4.69, 9.17) is 9.15 Å². The van der Waals surface area contributed by atoms with Gasteiger partial charge in [0.1, 0.15) is 17.1 Å². The second-order valence-corrected chi connectivity index (χ2v) is 8.42. The van der Waals surface area contributed by atoms with E-state index < -0.39 is 5.63 Å². The number of ether oxygens (including phenoxy) is 1. The number of carbonyl (C=O) groups is 1. The summed E-state index contributed by atoms with van der Waals surface area (Å²) in [6, 6.07) is 7.93. The second kappa shape index (κ2) is 15.0. The van der Waals surface area contributed by atoms with Crippen LogP contribution in [0, 0.1) is 6.92 Å². The van der Waals surface area contributed by atoms with Crippen LogP contribution >= 0.6 is 0 Å². The van der Waals surface area contributed by atoms with Gasteiger partial charge in [-0.1, -0.05) is 71.1 Å². The minimum absolute atomic E-state index is 0.0175. The number of nitrogens with zero attached hydrogens (tertiary/aromatic N) is 1. The lowest BCUT2D eigenvalue weighted by Gasteiger charge is -2.05. The fourth-order valence-electron chi connectivity index (χ4n) is 3.56. The monoisotopic (exact) mass is 455 g/mol. The van der Waals surface area contributed by atoms with E-state index in [1.807, 2.05) is 0 Å². The van der Waals surface area contributed by atoms with E-state index in [1.165, 1.54) is 70.1 Å². The molecule has 1 N–H and O–H groups in total. The lowest BCUT2D eigenvalue weighted by Crippen LogP contribution is -2.07. The molecule has 0 aliphatic rings. The molecule has 0 unspecified atom stereocenters. The summed E-state index contributed by atoms with van der Waals surface area (Å²) in [6.45, 7) is 4.25. The van der Waals surface area contributed by atoms with Crippen molar-refractivity contribution in [2.45, 2.75) is 84.5 Å². The molecule has 1 heterocycles. The van der Waals surface area contributed by atoms with E-state index in [-0.39, 0.29) is 17.3 Å². The number of hydrogen-bond donors (Lipinski definition) is 1. The summed E-state index contributed by atoms with van der Waals surface area (Å²) in [5.74, 6) is -0.213. The van der Waals surface area contributed by atoms with Gasteiger partial charge in [0.25, 0.3) is 0 Å². The first kappa shape index (κ1) is 26.4. The molecule has 0 bridgehead atoms. The van der Waals surface area contributed by atoms with Crippen LogP contribution in [0.3, 0.4) is 0 Å². The van der Waals surface area contributed by atoms with Crippen LogP contribution in [-0.4, -0.2) is 23.9 Å². The molecule has 0 saturated heterocycles. The van der Waals surface area contributed by atoms with E-state index in [0.29, 0.717) is 23.6 Å². The molecule has 6 heteroatoms. The molecular formula is C27H37NO5. The Kier molecular flexibility index (Phi) is 12.0. The van der Waals surface area contributed by atoms with Crippen molar-refractivity contribution >= 4 is 17.9 Å². The topological polar surface area (TPSA) is 89.1 Å². The summed E-state index contributed by atoms with van der Waals surface area (Å²) in [6.07, 6.45) is 15.0. The maximum Gasteiger partial charge on any atom is 0.348 e. The van der Waals surface area contributed by atoms with E-state index in [9.17, 15) is 14.7 Å². The third kappa shape index (κ3) is 10.1. The van der Waals surface area contributed by atoms with Crippen molar-refractivity contribution in [1.29, 1.82) is 0 Å². The van der Waals surface area contributed by atoms with Gasteiger partial charge in [-0.3, -0.25) is 4.99 Å². The minimum atomic E-state index is -0.654. The lowest BCUT2D eigenvalue weighted by molar-refractivity contribution is 0.0497. The van der Waals surface area contributed by atoms with Gasteiger partial charge in [0.15, 0.2) is 0 Å². The predicted octanol–water partition coefficient (Wildman–Crippen LogP) is 6.87. The molecule has 0 radical (unpaired) electrons. The van der Waals surface area contributed by atoms with E-state index in [0.717, 1.165) is 12.8 Å². The lowest BCUT2D eigenvalue weighted by atomic mass is 10.1. The van der Waals surface area contributed by atoms with Crippen molar-refractivity contribution in [2.75, 3.05) is 6.61 Å². The summed E-state index contributed by atoms with van der Waals surface area (Å²) in [5, 5.41) is 9.87. The van der Waals surface area contributed by atoms with Crippen LogP contribution in [0.1, 0.15) is 99.2 Å². The Morgan fingerprint density at radius 2 is 1.55 bits per heavy atom. The number of aromatic hydroxyl groups is 1. The molecule has 0 aliphatic heterocycles. The molecule has 2 aromatic rings. The Balaban J connectivity index is 1.64. The Labute approximate surface area is 196 Å². The van der Waals surface area contributed by atoms with Crippen LogP contribution in [0.5, 0.6) is 5.75 Å². The fraction of sp³-hybridized carbons (Fsp3) is 0.519. The van der Waals surface area contributed by atoms with Gasteiger partial charge in [-0.25, -0.2) is 9.59 Å². The van der Waals surface area contributed by atoms with Gasteiger partial charge < -0.3 is 14.3 Å². The molecule has 1 aromatic carbocycles. The van der Waals surface area contributed by atoms with Gasteiger partial charge in [-0.05, 0) is 37.6 Å². The molecule has 6 nitrogen and oxygen atoms in total. The number of hydrogen-bond acceptors (Lipinski definition) is 6. The SMILES string of the molecule is CCCCCCCCCCCCCOC(=O)c1ccc(N=Cc2c(O)cc(C)oc2=O)cc1. The quantitative estimate of drug-likeness (QED) is 0.180. The number of carbonyl (C=O) groups excluding carboxylic acids is 1. The Bertz CT molecular complexity index is 931. The van der Waals surface area contributed by atoms with Crippen LogP contribution in [0.2, 0.25) is 0 Å². The summed E-state index contributed by atoms with van der Waals surface area (Å²) in [4.78, 5) is 28.2. The second-order valence-electron chi connectivity index (χ2n) is 8.42. The van der Waals surface area contributed by atoms with Crippen LogP contribution in [-0.2, 0) is 4.74 Å². The third-order valence-electron chi connectivity index (χ3n) is 5.52. The largest absolute Gasteiger partial charge is 0.507 e. The van der Waals surface area contributed by atoms with E-state index >= 15 is 0 Å². The summed E-state index contributed by atoms with van der Waals surface area (Å²) < 4.78 is 10.3.